The van der Waals surface area contributed by atoms with E-state index >= 15 is 0 Å². The summed E-state index contributed by atoms with van der Waals surface area (Å²) < 4.78 is 5.02. The summed E-state index contributed by atoms with van der Waals surface area (Å²) in [6.45, 7) is 1.92. The van der Waals surface area contributed by atoms with E-state index in [1.807, 2.05) is 13.0 Å². The summed E-state index contributed by atoms with van der Waals surface area (Å²) in [5, 5.41) is 0. The summed E-state index contributed by atoms with van der Waals surface area (Å²) in [6, 6.07) is 5.31. The topological polar surface area (TPSA) is 43.4 Å². The summed E-state index contributed by atoms with van der Waals surface area (Å²) in [5.74, 6) is 0.716. The van der Waals surface area contributed by atoms with Gasteiger partial charge in [0.1, 0.15) is 18.3 Å². The Kier molecular flexibility index (Phi) is 4.03. The van der Waals surface area contributed by atoms with E-state index in [0.29, 0.717) is 17.7 Å². The van der Waals surface area contributed by atoms with Gasteiger partial charge >= 0.3 is 0 Å². The van der Waals surface area contributed by atoms with Gasteiger partial charge in [-0.1, -0.05) is 13.0 Å². The zero-order chi connectivity index (χ0) is 11.3. The lowest BCUT2D eigenvalue weighted by atomic mass is 9.94. The number of hydrogen-bond donors (Lipinski definition) is 0. The summed E-state index contributed by atoms with van der Waals surface area (Å²) in [5.41, 5.74) is 1.47. The van der Waals surface area contributed by atoms with E-state index in [2.05, 4.69) is 0 Å². The van der Waals surface area contributed by atoms with Crippen molar-refractivity contribution in [2.24, 2.45) is 0 Å². The Labute approximate surface area is 89.1 Å². The number of rotatable bonds is 5. The second kappa shape index (κ2) is 5.29. The molecule has 1 unspecified atom stereocenters. The molecule has 1 rings (SSSR count). The highest BCUT2D eigenvalue weighted by molar-refractivity contribution is 5.78. The summed E-state index contributed by atoms with van der Waals surface area (Å²) in [6.07, 6.45) is 2.08. The fourth-order valence-electron chi connectivity index (χ4n) is 1.50. The zero-order valence-corrected chi connectivity index (χ0v) is 8.90. The molecule has 0 aliphatic carbocycles. The zero-order valence-electron chi connectivity index (χ0n) is 8.90. The van der Waals surface area contributed by atoms with Crippen LogP contribution in [0.2, 0.25) is 0 Å². The van der Waals surface area contributed by atoms with Crippen molar-refractivity contribution in [1.82, 2.24) is 0 Å². The van der Waals surface area contributed by atoms with Crippen LogP contribution < -0.4 is 4.74 Å². The lowest BCUT2D eigenvalue weighted by Crippen LogP contribution is -2.00. The molecule has 0 bridgehead atoms. The van der Waals surface area contributed by atoms with Crippen LogP contribution in [0.4, 0.5) is 0 Å². The van der Waals surface area contributed by atoms with Gasteiger partial charge in [0.15, 0.2) is 0 Å². The Morgan fingerprint density at radius 2 is 2.13 bits per heavy atom. The average molecular weight is 206 g/mol. The van der Waals surface area contributed by atoms with Gasteiger partial charge in [0.2, 0.25) is 0 Å². The second-order valence-corrected chi connectivity index (χ2v) is 3.42. The van der Waals surface area contributed by atoms with Gasteiger partial charge in [-0.15, -0.1) is 0 Å². The summed E-state index contributed by atoms with van der Waals surface area (Å²) in [7, 11) is 1.55. The maximum Gasteiger partial charge on any atom is 0.150 e. The van der Waals surface area contributed by atoms with Crippen molar-refractivity contribution in [3.63, 3.8) is 0 Å². The smallest absolute Gasteiger partial charge is 0.150 e. The fraction of sp³-hybridized carbons (Fsp3) is 0.333. The standard InChI is InChI=1S/C12H14O3/c1-9(5-6-13)12-4-3-11(15-2)7-10(12)8-14/h3-4,6-9H,5H2,1-2H3. The first kappa shape index (κ1) is 11.4. The number of methoxy groups -OCH3 is 1. The quantitative estimate of drug-likeness (QED) is 0.693. The van der Waals surface area contributed by atoms with E-state index < -0.39 is 0 Å². The Balaban J connectivity index is 3.06. The molecule has 0 radical (unpaired) electrons. The summed E-state index contributed by atoms with van der Waals surface area (Å²) in [4.78, 5) is 21.3. The third kappa shape index (κ3) is 2.65. The fourth-order valence-corrected chi connectivity index (χ4v) is 1.50. The normalized spacial score (nSPS) is 11.9. The van der Waals surface area contributed by atoms with Crippen LogP contribution in [0.3, 0.4) is 0 Å². The molecule has 0 amide bonds. The molecule has 0 aromatic heterocycles. The molecule has 3 nitrogen and oxygen atoms in total. The molecule has 1 aromatic rings. The van der Waals surface area contributed by atoms with E-state index in [-0.39, 0.29) is 5.92 Å². The molecule has 0 fully saturated rings. The van der Waals surface area contributed by atoms with Crippen LogP contribution in [0.25, 0.3) is 0 Å². The predicted octanol–water partition coefficient (Wildman–Crippen LogP) is 2.20. The average Bonchev–Trinajstić information content (AvgIpc) is 2.28. The first-order chi connectivity index (χ1) is 7.22. The van der Waals surface area contributed by atoms with Crippen molar-refractivity contribution < 1.29 is 14.3 Å². The number of ether oxygens (including phenoxy) is 1. The first-order valence-corrected chi connectivity index (χ1v) is 4.79. The molecule has 0 heterocycles. The highest BCUT2D eigenvalue weighted by Gasteiger charge is 2.10. The second-order valence-electron chi connectivity index (χ2n) is 3.42. The first-order valence-electron chi connectivity index (χ1n) is 4.79. The van der Waals surface area contributed by atoms with Crippen molar-refractivity contribution in [3.05, 3.63) is 29.3 Å². The van der Waals surface area contributed by atoms with Crippen LogP contribution in [0.1, 0.15) is 35.2 Å². The van der Waals surface area contributed by atoms with Gasteiger partial charge in [0.25, 0.3) is 0 Å². The Bertz CT molecular complexity index is 358. The minimum Gasteiger partial charge on any atom is -0.497 e. The van der Waals surface area contributed by atoms with E-state index in [1.165, 1.54) is 0 Å². The van der Waals surface area contributed by atoms with Gasteiger partial charge in [0.05, 0.1) is 7.11 Å². The predicted molar refractivity (Wildman–Crippen MR) is 57.5 cm³/mol. The number of benzene rings is 1. The maximum atomic E-state index is 10.9. The van der Waals surface area contributed by atoms with E-state index in [1.54, 1.807) is 19.2 Å². The molecule has 1 atom stereocenters. The van der Waals surface area contributed by atoms with Crippen molar-refractivity contribution in [2.75, 3.05) is 7.11 Å². The molecule has 15 heavy (non-hydrogen) atoms. The molecule has 0 spiro atoms. The molecule has 1 aromatic carbocycles. The van der Waals surface area contributed by atoms with Crippen LogP contribution in [-0.2, 0) is 4.79 Å². The Morgan fingerprint density at radius 1 is 1.40 bits per heavy atom. The third-order valence-electron chi connectivity index (χ3n) is 2.40. The van der Waals surface area contributed by atoms with E-state index in [0.717, 1.165) is 18.1 Å². The van der Waals surface area contributed by atoms with Crippen LogP contribution in [-0.4, -0.2) is 19.7 Å². The third-order valence-corrected chi connectivity index (χ3v) is 2.40. The molecule has 80 valence electrons. The lowest BCUT2D eigenvalue weighted by molar-refractivity contribution is -0.108. The van der Waals surface area contributed by atoms with Gasteiger partial charge in [-0.25, -0.2) is 0 Å². The van der Waals surface area contributed by atoms with E-state index in [9.17, 15) is 9.59 Å². The Hall–Kier alpha value is -1.64. The van der Waals surface area contributed by atoms with Gasteiger partial charge in [-0.2, -0.15) is 0 Å². The maximum absolute atomic E-state index is 10.9. The van der Waals surface area contributed by atoms with Crippen LogP contribution in [0.5, 0.6) is 5.75 Å². The van der Waals surface area contributed by atoms with Crippen molar-refractivity contribution >= 4 is 12.6 Å². The van der Waals surface area contributed by atoms with Gasteiger partial charge in [-0.3, -0.25) is 4.79 Å². The summed E-state index contributed by atoms with van der Waals surface area (Å²) >= 11 is 0. The molecule has 3 heteroatoms. The SMILES string of the molecule is COc1ccc(C(C)CC=O)c(C=O)c1. The molecule has 0 N–H and O–H groups in total. The van der Waals surface area contributed by atoms with E-state index in [4.69, 9.17) is 4.74 Å². The monoisotopic (exact) mass is 206 g/mol. The van der Waals surface area contributed by atoms with Gasteiger partial charge in [0, 0.05) is 12.0 Å². The molecule has 0 aliphatic heterocycles. The molecular weight excluding hydrogens is 192 g/mol. The lowest BCUT2D eigenvalue weighted by Gasteiger charge is -2.12. The largest absolute Gasteiger partial charge is 0.497 e. The number of aldehydes is 2. The molecular formula is C12H14O3. The molecule has 0 aliphatic rings. The van der Waals surface area contributed by atoms with Gasteiger partial charge in [-0.05, 0) is 23.6 Å². The van der Waals surface area contributed by atoms with Crippen LogP contribution in [0.15, 0.2) is 18.2 Å². The minimum absolute atomic E-state index is 0.0635. The molecule has 0 saturated heterocycles. The minimum atomic E-state index is 0.0635. The highest BCUT2D eigenvalue weighted by Crippen LogP contribution is 2.24. The van der Waals surface area contributed by atoms with Crippen molar-refractivity contribution in [3.8, 4) is 5.75 Å². The highest BCUT2D eigenvalue weighted by atomic mass is 16.5. The number of carbonyl (C=O) groups excluding carboxylic acids is 2. The number of hydrogen-bond acceptors (Lipinski definition) is 3. The molecule has 0 saturated carbocycles. The van der Waals surface area contributed by atoms with Gasteiger partial charge < -0.3 is 9.53 Å². The van der Waals surface area contributed by atoms with Crippen LogP contribution in [0, 0.1) is 0 Å². The van der Waals surface area contributed by atoms with Crippen LogP contribution >= 0.6 is 0 Å². The van der Waals surface area contributed by atoms with Crippen molar-refractivity contribution in [1.29, 1.82) is 0 Å². The Morgan fingerprint density at radius 3 is 2.67 bits per heavy atom. The number of carbonyl (C=O) groups is 2. The van der Waals surface area contributed by atoms with Crippen molar-refractivity contribution in [2.45, 2.75) is 19.3 Å².